The molecule has 0 spiro atoms. The van der Waals surface area contributed by atoms with Gasteiger partial charge in [-0.3, -0.25) is 0 Å². The smallest absolute Gasteiger partial charge is 0.336 e. The van der Waals surface area contributed by atoms with E-state index in [0.29, 0.717) is 17.9 Å². The summed E-state index contributed by atoms with van der Waals surface area (Å²) >= 11 is 5.86. The van der Waals surface area contributed by atoms with Crippen LogP contribution in [0.1, 0.15) is 11.1 Å². The lowest BCUT2D eigenvalue weighted by atomic mass is 10.1. The first-order valence-corrected chi connectivity index (χ1v) is 7.61. The number of alkyl halides is 1. The third kappa shape index (κ3) is 3.48. The molecule has 23 heavy (non-hydrogen) atoms. The average molecular weight is 331 g/mol. The fourth-order valence-electron chi connectivity index (χ4n) is 2.30. The summed E-state index contributed by atoms with van der Waals surface area (Å²) in [6.07, 6.45) is 0. The number of methoxy groups -OCH3 is 1. The van der Waals surface area contributed by atoms with E-state index >= 15 is 0 Å². The van der Waals surface area contributed by atoms with Crippen molar-refractivity contribution in [2.45, 2.75) is 12.5 Å². The predicted molar refractivity (Wildman–Crippen MR) is 89.4 cm³/mol. The standard InChI is InChI=1S/C18H15ClO4/c1-21-14-4-2-12(3-5-14)11-22-15-6-7-16-13(10-19)8-18(20)23-17(16)9-15/h2-9H,10-11H2,1H3. The van der Waals surface area contributed by atoms with Gasteiger partial charge in [0.2, 0.25) is 0 Å². The van der Waals surface area contributed by atoms with Gasteiger partial charge in [-0.1, -0.05) is 12.1 Å². The normalized spacial score (nSPS) is 10.7. The molecule has 1 aromatic heterocycles. The highest BCUT2D eigenvalue weighted by Crippen LogP contribution is 2.24. The zero-order chi connectivity index (χ0) is 16.2. The van der Waals surface area contributed by atoms with Crippen LogP contribution in [-0.4, -0.2) is 7.11 Å². The third-order valence-corrected chi connectivity index (χ3v) is 3.80. The molecular weight excluding hydrogens is 316 g/mol. The first kappa shape index (κ1) is 15.4. The number of fused-ring (bicyclic) bond motifs is 1. The van der Waals surface area contributed by atoms with Crippen molar-refractivity contribution in [2.75, 3.05) is 7.11 Å². The Labute approximate surface area is 138 Å². The maximum Gasteiger partial charge on any atom is 0.336 e. The number of benzene rings is 2. The van der Waals surface area contributed by atoms with Gasteiger partial charge < -0.3 is 13.9 Å². The van der Waals surface area contributed by atoms with Crippen LogP contribution in [0.15, 0.2) is 57.7 Å². The van der Waals surface area contributed by atoms with E-state index < -0.39 is 5.63 Å². The molecule has 0 N–H and O–H groups in total. The minimum Gasteiger partial charge on any atom is -0.497 e. The molecule has 0 unspecified atom stereocenters. The van der Waals surface area contributed by atoms with Crippen LogP contribution in [0, 0.1) is 0 Å². The molecule has 0 radical (unpaired) electrons. The summed E-state index contributed by atoms with van der Waals surface area (Å²) in [4.78, 5) is 11.5. The van der Waals surface area contributed by atoms with Crippen LogP contribution in [0.25, 0.3) is 11.0 Å². The zero-order valence-electron chi connectivity index (χ0n) is 12.5. The van der Waals surface area contributed by atoms with E-state index in [1.54, 1.807) is 13.2 Å². The first-order valence-electron chi connectivity index (χ1n) is 7.08. The second-order valence-electron chi connectivity index (χ2n) is 5.02. The van der Waals surface area contributed by atoms with Crippen molar-refractivity contribution < 1.29 is 13.9 Å². The highest BCUT2D eigenvalue weighted by atomic mass is 35.5. The van der Waals surface area contributed by atoms with Gasteiger partial charge in [0.1, 0.15) is 23.7 Å². The number of rotatable bonds is 5. The Morgan fingerprint density at radius 1 is 1.04 bits per heavy atom. The molecule has 118 valence electrons. The van der Waals surface area contributed by atoms with Crippen molar-refractivity contribution in [3.63, 3.8) is 0 Å². The van der Waals surface area contributed by atoms with E-state index in [1.165, 1.54) is 6.07 Å². The molecule has 3 aromatic rings. The average Bonchev–Trinajstić information content (AvgIpc) is 2.59. The summed E-state index contributed by atoms with van der Waals surface area (Å²) < 4.78 is 16.1. The molecule has 0 aliphatic carbocycles. The molecular formula is C18H15ClO4. The lowest BCUT2D eigenvalue weighted by molar-refractivity contribution is 0.306. The van der Waals surface area contributed by atoms with E-state index in [1.807, 2.05) is 36.4 Å². The van der Waals surface area contributed by atoms with E-state index in [4.69, 9.17) is 25.5 Å². The van der Waals surface area contributed by atoms with Gasteiger partial charge in [0.15, 0.2) is 0 Å². The fraction of sp³-hybridized carbons (Fsp3) is 0.167. The molecule has 5 heteroatoms. The molecule has 0 saturated carbocycles. The molecule has 3 rings (SSSR count). The van der Waals surface area contributed by atoms with Gasteiger partial charge in [0.05, 0.1) is 7.11 Å². The quantitative estimate of drug-likeness (QED) is 0.521. The highest BCUT2D eigenvalue weighted by Gasteiger charge is 2.06. The molecule has 0 aliphatic rings. The van der Waals surface area contributed by atoms with Gasteiger partial charge in [-0.25, -0.2) is 4.79 Å². The van der Waals surface area contributed by atoms with Crippen molar-refractivity contribution in [1.29, 1.82) is 0 Å². The Morgan fingerprint density at radius 3 is 2.48 bits per heavy atom. The van der Waals surface area contributed by atoms with Crippen LogP contribution < -0.4 is 15.1 Å². The lowest BCUT2D eigenvalue weighted by Gasteiger charge is -2.08. The first-order chi connectivity index (χ1) is 11.2. The summed E-state index contributed by atoms with van der Waals surface area (Å²) in [6.45, 7) is 0.412. The van der Waals surface area contributed by atoms with Gasteiger partial charge in [-0.15, -0.1) is 11.6 Å². The monoisotopic (exact) mass is 330 g/mol. The van der Waals surface area contributed by atoms with Gasteiger partial charge in [0, 0.05) is 23.4 Å². The SMILES string of the molecule is COc1ccc(COc2ccc3c(CCl)cc(=O)oc3c2)cc1. The van der Waals surface area contributed by atoms with Crippen LogP contribution in [0.2, 0.25) is 0 Å². The maximum absolute atomic E-state index is 11.5. The Morgan fingerprint density at radius 2 is 1.78 bits per heavy atom. The Kier molecular flexibility index (Phi) is 4.53. The summed E-state index contributed by atoms with van der Waals surface area (Å²) in [5, 5.41) is 0.816. The fourth-order valence-corrected chi connectivity index (χ4v) is 2.52. The number of ether oxygens (including phenoxy) is 2. The van der Waals surface area contributed by atoms with Crippen LogP contribution in [0.4, 0.5) is 0 Å². The highest BCUT2D eigenvalue weighted by molar-refractivity contribution is 6.17. The van der Waals surface area contributed by atoms with Crippen LogP contribution >= 0.6 is 11.6 Å². The zero-order valence-corrected chi connectivity index (χ0v) is 13.3. The Hall–Kier alpha value is -2.46. The van der Waals surface area contributed by atoms with Crippen molar-refractivity contribution in [3.8, 4) is 11.5 Å². The lowest BCUT2D eigenvalue weighted by Crippen LogP contribution is -2.00. The van der Waals surface area contributed by atoms with Crippen molar-refractivity contribution >= 4 is 22.6 Å². The van der Waals surface area contributed by atoms with Crippen LogP contribution in [0.5, 0.6) is 11.5 Å². The molecule has 0 fully saturated rings. The minimum absolute atomic E-state index is 0.258. The minimum atomic E-state index is -0.416. The van der Waals surface area contributed by atoms with E-state index in [2.05, 4.69) is 0 Å². The van der Waals surface area contributed by atoms with E-state index in [0.717, 1.165) is 22.3 Å². The third-order valence-electron chi connectivity index (χ3n) is 3.51. The Balaban J connectivity index is 1.81. The second-order valence-corrected chi connectivity index (χ2v) is 5.29. The molecule has 0 amide bonds. The van der Waals surface area contributed by atoms with Gasteiger partial charge in [-0.05, 0) is 35.4 Å². The predicted octanol–water partition coefficient (Wildman–Crippen LogP) is 4.12. The molecule has 1 heterocycles. The maximum atomic E-state index is 11.5. The summed E-state index contributed by atoms with van der Waals surface area (Å²) in [5.74, 6) is 1.69. The largest absolute Gasteiger partial charge is 0.497 e. The number of halogens is 1. The number of hydrogen-bond acceptors (Lipinski definition) is 4. The molecule has 0 aliphatic heterocycles. The summed E-state index contributed by atoms with van der Waals surface area (Å²) in [6, 6.07) is 14.4. The van der Waals surface area contributed by atoms with Crippen molar-refractivity contribution in [1.82, 2.24) is 0 Å². The topological polar surface area (TPSA) is 48.7 Å². The van der Waals surface area contributed by atoms with Crippen LogP contribution in [0.3, 0.4) is 0 Å². The molecule has 4 nitrogen and oxygen atoms in total. The van der Waals surface area contributed by atoms with Gasteiger partial charge in [-0.2, -0.15) is 0 Å². The van der Waals surface area contributed by atoms with Gasteiger partial charge >= 0.3 is 5.63 Å². The summed E-state index contributed by atoms with van der Waals surface area (Å²) in [5.41, 5.74) is 1.82. The van der Waals surface area contributed by atoms with Crippen molar-refractivity contribution in [3.05, 3.63) is 70.1 Å². The van der Waals surface area contributed by atoms with E-state index in [9.17, 15) is 4.79 Å². The van der Waals surface area contributed by atoms with Crippen LogP contribution in [-0.2, 0) is 12.5 Å². The van der Waals surface area contributed by atoms with Gasteiger partial charge in [0.25, 0.3) is 0 Å². The molecule has 2 aromatic carbocycles. The molecule has 0 atom stereocenters. The Bertz CT molecular complexity index is 868. The number of hydrogen-bond donors (Lipinski definition) is 0. The van der Waals surface area contributed by atoms with E-state index in [-0.39, 0.29) is 5.88 Å². The molecule has 0 bridgehead atoms. The molecule has 0 saturated heterocycles. The van der Waals surface area contributed by atoms with Crippen molar-refractivity contribution in [2.24, 2.45) is 0 Å². The second kappa shape index (κ2) is 6.75. The summed E-state index contributed by atoms with van der Waals surface area (Å²) in [7, 11) is 1.63.